The van der Waals surface area contributed by atoms with Gasteiger partial charge in [-0.3, -0.25) is 4.79 Å². The number of hydrogen-bond donors (Lipinski definition) is 2. The maximum Gasteiger partial charge on any atom is 0.161 e. The molecule has 4 atom stereocenters. The van der Waals surface area contributed by atoms with Crippen LogP contribution >= 0.6 is 0 Å². The molecule has 18 heavy (non-hydrogen) atoms. The molecule has 2 aliphatic carbocycles. The minimum absolute atomic E-state index is 0.0528. The summed E-state index contributed by atoms with van der Waals surface area (Å²) in [5.74, 6) is 0.0640. The lowest BCUT2D eigenvalue weighted by molar-refractivity contribution is -0.146. The van der Waals surface area contributed by atoms with Gasteiger partial charge in [0.1, 0.15) is 0 Å². The van der Waals surface area contributed by atoms with Crippen LogP contribution in [0.1, 0.15) is 47.0 Å². The van der Waals surface area contributed by atoms with Gasteiger partial charge in [0.15, 0.2) is 5.78 Å². The Kier molecular flexibility index (Phi) is 3.19. The maximum absolute atomic E-state index is 12.2. The van der Waals surface area contributed by atoms with Crippen molar-refractivity contribution in [1.29, 1.82) is 0 Å². The van der Waals surface area contributed by atoms with Crippen molar-refractivity contribution in [2.24, 2.45) is 17.3 Å². The summed E-state index contributed by atoms with van der Waals surface area (Å²) in [6.07, 6.45) is 3.34. The summed E-state index contributed by atoms with van der Waals surface area (Å²) in [6.45, 7) is 7.63. The molecule has 3 unspecified atom stereocenters. The lowest BCUT2D eigenvalue weighted by atomic mass is 9.51. The predicted octanol–water partition coefficient (Wildman–Crippen LogP) is 2.07. The molecular formula is C15H24O3. The summed E-state index contributed by atoms with van der Waals surface area (Å²) < 4.78 is 0. The second-order valence-electron chi connectivity index (χ2n) is 6.70. The van der Waals surface area contributed by atoms with Gasteiger partial charge in [-0.05, 0) is 38.2 Å². The zero-order valence-electron chi connectivity index (χ0n) is 11.7. The van der Waals surface area contributed by atoms with Crippen LogP contribution in [0.15, 0.2) is 11.6 Å². The molecule has 0 aromatic rings. The smallest absolute Gasteiger partial charge is 0.161 e. The van der Waals surface area contributed by atoms with Gasteiger partial charge < -0.3 is 10.2 Å². The Balaban J connectivity index is 2.55. The number of aliphatic hydroxyl groups is 2. The molecule has 0 amide bonds. The van der Waals surface area contributed by atoms with Gasteiger partial charge in [0.25, 0.3) is 0 Å². The normalized spacial score (nSPS) is 41.3. The Bertz CT molecular complexity index is 391. The van der Waals surface area contributed by atoms with Crippen LogP contribution in [0.2, 0.25) is 0 Å². The highest BCUT2D eigenvalue weighted by Crippen LogP contribution is 2.55. The second-order valence-corrected chi connectivity index (χ2v) is 6.70. The molecule has 0 aromatic heterocycles. The molecule has 0 radical (unpaired) electrons. The molecule has 2 N–H and O–H groups in total. The van der Waals surface area contributed by atoms with Crippen LogP contribution < -0.4 is 0 Å². The second kappa shape index (κ2) is 4.17. The third kappa shape index (κ3) is 1.84. The summed E-state index contributed by atoms with van der Waals surface area (Å²) in [5, 5.41) is 20.7. The van der Waals surface area contributed by atoms with Crippen molar-refractivity contribution in [3.05, 3.63) is 11.6 Å². The minimum Gasteiger partial charge on any atom is -0.392 e. The van der Waals surface area contributed by atoms with Crippen LogP contribution in [0.3, 0.4) is 0 Å². The van der Waals surface area contributed by atoms with Crippen LogP contribution in [-0.4, -0.2) is 27.7 Å². The van der Waals surface area contributed by atoms with Crippen LogP contribution in [0.5, 0.6) is 0 Å². The fourth-order valence-electron chi connectivity index (χ4n) is 4.17. The summed E-state index contributed by atoms with van der Waals surface area (Å²) in [6, 6.07) is 0. The Morgan fingerprint density at radius 2 is 2.06 bits per heavy atom. The number of fused-ring (bicyclic) bond motifs is 1. The van der Waals surface area contributed by atoms with E-state index in [0.29, 0.717) is 5.92 Å². The van der Waals surface area contributed by atoms with E-state index >= 15 is 0 Å². The fraction of sp³-hybridized carbons (Fsp3) is 0.800. The van der Waals surface area contributed by atoms with Gasteiger partial charge >= 0.3 is 0 Å². The molecule has 0 aromatic carbocycles. The molecular weight excluding hydrogens is 228 g/mol. The van der Waals surface area contributed by atoms with E-state index in [4.69, 9.17) is 0 Å². The van der Waals surface area contributed by atoms with Crippen LogP contribution in [0, 0.1) is 17.3 Å². The molecule has 1 fully saturated rings. The number of allylic oxidation sites excluding steroid dienone is 2. The molecule has 2 aliphatic rings. The van der Waals surface area contributed by atoms with E-state index in [0.717, 1.165) is 18.4 Å². The number of ketones is 1. The van der Waals surface area contributed by atoms with E-state index in [2.05, 4.69) is 6.92 Å². The van der Waals surface area contributed by atoms with E-state index < -0.39 is 17.1 Å². The van der Waals surface area contributed by atoms with Crippen molar-refractivity contribution in [2.75, 3.05) is 0 Å². The van der Waals surface area contributed by atoms with Gasteiger partial charge in [-0.2, -0.15) is 0 Å². The highest BCUT2D eigenvalue weighted by Gasteiger charge is 2.56. The number of carbonyl (C=O) groups is 1. The number of carbonyl (C=O) groups excluding carboxylic acids is 1. The number of aliphatic hydroxyl groups excluding tert-OH is 1. The molecule has 0 aliphatic heterocycles. The van der Waals surface area contributed by atoms with Gasteiger partial charge in [0.2, 0.25) is 0 Å². The van der Waals surface area contributed by atoms with Crippen molar-refractivity contribution >= 4 is 5.78 Å². The van der Waals surface area contributed by atoms with Gasteiger partial charge in [0.05, 0.1) is 11.7 Å². The average Bonchev–Trinajstić information content (AvgIpc) is 2.18. The number of Topliss-reactive ketones (excluding diaryl/α,β-unsaturated/α-hetero) is 1. The van der Waals surface area contributed by atoms with Crippen molar-refractivity contribution in [3.63, 3.8) is 0 Å². The minimum atomic E-state index is -0.987. The third-order valence-electron chi connectivity index (χ3n) is 5.04. The zero-order chi connectivity index (χ0) is 13.7. The topological polar surface area (TPSA) is 57.5 Å². The molecule has 102 valence electrons. The first-order valence-electron chi connectivity index (χ1n) is 6.83. The fourth-order valence-corrected chi connectivity index (χ4v) is 4.17. The predicted molar refractivity (Wildman–Crippen MR) is 70.0 cm³/mol. The third-order valence-corrected chi connectivity index (χ3v) is 5.04. The zero-order valence-corrected chi connectivity index (χ0v) is 11.7. The van der Waals surface area contributed by atoms with Crippen molar-refractivity contribution in [2.45, 2.75) is 58.7 Å². The largest absolute Gasteiger partial charge is 0.392 e. The number of rotatable bonds is 1. The van der Waals surface area contributed by atoms with Crippen LogP contribution in [0.25, 0.3) is 0 Å². The van der Waals surface area contributed by atoms with Crippen molar-refractivity contribution in [3.8, 4) is 0 Å². The lowest BCUT2D eigenvalue weighted by Gasteiger charge is -2.54. The Morgan fingerprint density at radius 3 is 2.61 bits per heavy atom. The number of hydrogen-bond acceptors (Lipinski definition) is 3. The summed E-state index contributed by atoms with van der Waals surface area (Å²) >= 11 is 0. The van der Waals surface area contributed by atoms with Crippen molar-refractivity contribution in [1.82, 2.24) is 0 Å². The SMILES string of the molecule is CC1CCC=C2C(=O)CC(O)C(C(C)(C)O)[C@]21C. The molecule has 3 nitrogen and oxygen atoms in total. The summed E-state index contributed by atoms with van der Waals surface area (Å²) in [5.41, 5.74) is -0.566. The van der Waals surface area contributed by atoms with E-state index in [-0.39, 0.29) is 18.1 Å². The Labute approximate surface area is 109 Å². The van der Waals surface area contributed by atoms with Gasteiger partial charge in [-0.25, -0.2) is 0 Å². The van der Waals surface area contributed by atoms with E-state index in [1.807, 2.05) is 13.0 Å². The van der Waals surface area contributed by atoms with Crippen LogP contribution in [0.4, 0.5) is 0 Å². The molecule has 0 heterocycles. The van der Waals surface area contributed by atoms with E-state index in [1.54, 1.807) is 13.8 Å². The van der Waals surface area contributed by atoms with Gasteiger partial charge in [-0.15, -0.1) is 0 Å². The highest BCUT2D eigenvalue weighted by molar-refractivity contribution is 5.98. The maximum atomic E-state index is 12.2. The first-order valence-corrected chi connectivity index (χ1v) is 6.83. The molecule has 3 heteroatoms. The van der Waals surface area contributed by atoms with Crippen LogP contribution in [-0.2, 0) is 4.79 Å². The lowest BCUT2D eigenvalue weighted by Crippen LogP contribution is -2.58. The Hall–Kier alpha value is -0.670. The monoisotopic (exact) mass is 252 g/mol. The molecule has 2 rings (SSSR count). The molecule has 0 spiro atoms. The standard InChI is InChI=1S/C15H24O3/c1-9-6-5-7-10-11(16)8-12(17)13(14(2,3)18)15(9,10)4/h7,9,12-13,17-18H,5-6,8H2,1-4H3/t9?,12?,13?,15-/m0/s1. The van der Waals surface area contributed by atoms with Gasteiger partial charge in [-0.1, -0.05) is 19.9 Å². The first-order chi connectivity index (χ1) is 8.19. The molecule has 1 saturated carbocycles. The first kappa shape index (κ1) is 13.8. The summed E-state index contributed by atoms with van der Waals surface area (Å²) in [7, 11) is 0. The molecule has 0 saturated heterocycles. The van der Waals surface area contributed by atoms with E-state index in [1.165, 1.54) is 0 Å². The quantitative estimate of drug-likeness (QED) is 0.751. The van der Waals surface area contributed by atoms with Crippen molar-refractivity contribution < 1.29 is 15.0 Å². The highest BCUT2D eigenvalue weighted by atomic mass is 16.3. The average molecular weight is 252 g/mol. The summed E-state index contributed by atoms with van der Waals surface area (Å²) in [4.78, 5) is 12.2. The van der Waals surface area contributed by atoms with Gasteiger partial charge in [0, 0.05) is 17.8 Å². The molecule has 0 bridgehead atoms. The Morgan fingerprint density at radius 1 is 1.44 bits per heavy atom. The van der Waals surface area contributed by atoms with E-state index in [9.17, 15) is 15.0 Å².